The lowest BCUT2D eigenvalue weighted by molar-refractivity contribution is 0.576. The minimum atomic E-state index is -3.48. The zero-order valence-corrected chi connectivity index (χ0v) is 12.3. The fourth-order valence-electron chi connectivity index (χ4n) is 2.00. The van der Waals surface area contributed by atoms with Crippen LogP contribution in [-0.2, 0) is 10.0 Å². The maximum atomic E-state index is 12.3. The van der Waals surface area contributed by atoms with Crippen LogP contribution in [0.4, 0.5) is 0 Å². The zero-order chi connectivity index (χ0) is 14.4. The predicted octanol–water partition coefficient (Wildman–Crippen LogP) is 1.51. The molecule has 0 atom stereocenters. The number of sulfonamides is 1. The van der Waals surface area contributed by atoms with Gasteiger partial charge in [0.15, 0.2) is 0 Å². The summed E-state index contributed by atoms with van der Waals surface area (Å²) in [7, 11) is -3.48. The second-order valence-corrected chi connectivity index (χ2v) is 6.19. The molecule has 2 aromatic rings. The Bertz CT molecular complexity index is 666. The van der Waals surface area contributed by atoms with Crippen LogP contribution in [0.15, 0.2) is 41.6 Å². The Morgan fingerprint density at radius 2 is 2.05 bits per heavy atom. The molecule has 1 heterocycles. The molecule has 20 heavy (non-hydrogen) atoms. The van der Waals surface area contributed by atoms with Gasteiger partial charge in [-0.2, -0.15) is 0 Å². The van der Waals surface area contributed by atoms with Crippen molar-refractivity contribution in [1.29, 1.82) is 0 Å². The van der Waals surface area contributed by atoms with E-state index in [0.717, 1.165) is 24.9 Å². The maximum absolute atomic E-state index is 12.3. The van der Waals surface area contributed by atoms with Crippen molar-refractivity contribution in [3.8, 4) is 0 Å². The van der Waals surface area contributed by atoms with E-state index in [9.17, 15) is 8.42 Å². The first kappa shape index (κ1) is 14.9. The van der Waals surface area contributed by atoms with Crippen LogP contribution < -0.4 is 10.0 Å². The molecule has 0 radical (unpaired) electrons. The van der Waals surface area contributed by atoms with E-state index in [1.54, 1.807) is 30.6 Å². The van der Waals surface area contributed by atoms with Gasteiger partial charge in [-0.3, -0.25) is 4.98 Å². The molecule has 2 rings (SSSR count). The fourth-order valence-corrected chi connectivity index (χ4v) is 3.30. The zero-order valence-electron chi connectivity index (χ0n) is 11.5. The minimum Gasteiger partial charge on any atom is -0.317 e. The molecule has 0 saturated heterocycles. The summed E-state index contributed by atoms with van der Waals surface area (Å²) in [6, 6.07) is 6.93. The smallest absolute Gasteiger partial charge is 0.241 e. The number of benzene rings is 1. The van der Waals surface area contributed by atoms with E-state index < -0.39 is 10.0 Å². The minimum absolute atomic E-state index is 0.306. The second-order valence-electron chi connectivity index (χ2n) is 4.46. The highest BCUT2D eigenvalue weighted by atomic mass is 32.2. The molecule has 5 nitrogen and oxygen atoms in total. The monoisotopic (exact) mass is 293 g/mol. The van der Waals surface area contributed by atoms with Crippen LogP contribution in [-0.4, -0.2) is 33.0 Å². The predicted molar refractivity (Wildman–Crippen MR) is 80.1 cm³/mol. The molecule has 1 aromatic carbocycles. The van der Waals surface area contributed by atoms with Gasteiger partial charge < -0.3 is 5.32 Å². The van der Waals surface area contributed by atoms with Crippen LogP contribution in [0.25, 0.3) is 10.8 Å². The number of pyridine rings is 1. The summed E-state index contributed by atoms with van der Waals surface area (Å²) >= 11 is 0. The highest BCUT2D eigenvalue weighted by Gasteiger charge is 2.16. The third-order valence-electron chi connectivity index (χ3n) is 3.00. The second kappa shape index (κ2) is 6.78. The first-order valence-electron chi connectivity index (χ1n) is 6.68. The molecule has 0 fully saturated rings. The van der Waals surface area contributed by atoms with Crippen molar-refractivity contribution in [2.75, 3.05) is 19.6 Å². The van der Waals surface area contributed by atoms with Crippen molar-refractivity contribution in [2.24, 2.45) is 0 Å². The van der Waals surface area contributed by atoms with E-state index >= 15 is 0 Å². The molecule has 0 aliphatic carbocycles. The van der Waals surface area contributed by atoms with Gasteiger partial charge in [-0.15, -0.1) is 0 Å². The van der Waals surface area contributed by atoms with Crippen molar-refractivity contribution < 1.29 is 8.42 Å². The number of rotatable bonds is 7. The first-order chi connectivity index (χ1) is 9.65. The molecular formula is C14H19N3O2S. The van der Waals surface area contributed by atoms with Crippen LogP contribution in [0.1, 0.15) is 13.3 Å². The molecule has 108 valence electrons. The average molecular weight is 293 g/mol. The summed E-state index contributed by atoms with van der Waals surface area (Å²) in [6.45, 7) is 4.15. The molecule has 6 heteroatoms. The highest BCUT2D eigenvalue weighted by Crippen LogP contribution is 2.21. The van der Waals surface area contributed by atoms with Crippen molar-refractivity contribution in [2.45, 2.75) is 18.2 Å². The Kier molecular flexibility index (Phi) is 5.05. The largest absolute Gasteiger partial charge is 0.317 e. The van der Waals surface area contributed by atoms with E-state index in [1.807, 2.05) is 13.0 Å². The topological polar surface area (TPSA) is 71.1 Å². The molecular weight excluding hydrogens is 274 g/mol. The van der Waals surface area contributed by atoms with Gasteiger partial charge in [0.25, 0.3) is 0 Å². The molecule has 0 saturated carbocycles. The van der Waals surface area contributed by atoms with Gasteiger partial charge in [0.1, 0.15) is 0 Å². The standard InChI is InChI=1S/C14H19N3O2S/c1-2-15-8-4-9-17-20(18,19)14-6-3-5-12-11-16-10-7-13(12)14/h3,5-7,10-11,15,17H,2,4,8-9H2,1H3. The third-order valence-corrected chi connectivity index (χ3v) is 4.52. The van der Waals surface area contributed by atoms with Gasteiger partial charge in [0.2, 0.25) is 10.0 Å². The summed E-state index contributed by atoms with van der Waals surface area (Å²) in [6.07, 6.45) is 4.03. The van der Waals surface area contributed by atoms with Crippen molar-refractivity contribution >= 4 is 20.8 Å². The van der Waals surface area contributed by atoms with Crippen molar-refractivity contribution in [3.05, 3.63) is 36.7 Å². The van der Waals surface area contributed by atoms with E-state index in [0.29, 0.717) is 16.8 Å². The van der Waals surface area contributed by atoms with Crippen LogP contribution in [0.3, 0.4) is 0 Å². The normalized spacial score (nSPS) is 11.8. The number of fused-ring (bicyclic) bond motifs is 1. The summed E-state index contributed by atoms with van der Waals surface area (Å²) in [4.78, 5) is 4.31. The Morgan fingerprint density at radius 3 is 2.85 bits per heavy atom. The molecule has 2 N–H and O–H groups in total. The van der Waals surface area contributed by atoms with E-state index in [2.05, 4.69) is 15.0 Å². The summed E-state index contributed by atoms with van der Waals surface area (Å²) in [5, 5.41) is 4.68. The first-order valence-corrected chi connectivity index (χ1v) is 8.16. The fraction of sp³-hybridized carbons (Fsp3) is 0.357. The molecule has 0 spiro atoms. The van der Waals surface area contributed by atoms with E-state index in [1.165, 1.54) is 0 Å². The average Bonchev–Trinajstić information content (AvgIpc) is 2.46. The van der Waals surface area contributed by atoms with E-state index in [4.69, 9.17) is 0 Å². The Balaban J connectivity index is 2.15. The Morgan fingerprint density at radius 1 is 1.20 bits per heavy atom. The lowest BCUT2D eigenvalue weighted by Gasteiger charge is -2.09. The van der Waals surface area contributed by atoms with Crippen LogP contribution in [0.2, 0.25) is 0 Å². The van der Waals surface area contributed by atoms with Gasteiger partial charge in [-0.1, -0.05) is 19.1 Å². The quantitative estimate of drug-likeness (QED) is 0.759. The summed E-state index contributed by atoms with van der Waals surface area (Å²) in [5.41, 5.74) is 0. The molecule has 0 aliphatic heterocycles. The summed E-state index contributed by atoms with van der Waals surface area (Å²) in [5.74, 6) is 0. The number of hydrogen-bond donors (Lipinski definition) is 2. The highest BCUT2D eigenvalue weighted by molar-refractivity contribution is 7.89. The van der Waals surface area contributed by atoms with Gasteiger partial charge in [-0.25, -0.2) is 13.1 Å². The molecule has 0 amide bonds. The van der Waals surface area contributed by atoms with Crippen LogP contribution in [0.5, 0.6) is 0 Å². The molecule has 0 bridgehead atoms. The SMILES string of the molecule is CCNCCCNS(=O)(=O)c1cccc2cnccc12. The number of nitrogens with one attached hydrogen (secondary N) is 2. The van der Waals surface area contributed by atoms with Gasteiger partial charge in [0.05, 0.1) is 4.90 Å². The molecule has 1 aromatic heterocycles. The number of hydrogen-bond acceptors (Lipinski definition) is 4. The Hall–Kier alpha value is -1.50. The lowest BCUT2D eigenvalue weighted by atomic mass is 10.2. The van der Waals surface area contributed by atoms with Crippen molar-refractivity contribution in [1.82, 2.24) is 15.0 Å². The van der Waals surface area contributed by atoms with Gasteiger partial charge in [0, 0.05) is 29.7 Å². The number of aromatic nitrogens is 1. The maximum Gasteiger partial charge on any atom is 0.241 e. The molecule has 0 aliphatic rings. The van der Waals surface area contributed by atoms with E-state index in [-0.39, 0.29) is 0 Å². The summed E-state index contributed by atoms with van der Waals surface area (Å²) < 4.78 is 27.3. The number of nitrogens with zero attached hydrogens (tertiary/aromatic N) is 1. The van der Waals surface area contributed by atoms with Crippen LogP contribution >= 0.6 is 0 Å². The molecule has 0 unspecified atom stereocenters. The third kappa shape index (κ3) is 3.53. The van der Waals surface area contributed by atoms with Gasteiger partial charge in [-0.05, 0) is 31.6 Å². The van der Waals surface area contributed by atoms with Gasteiger partial charge >= 0.3 is 0 Å². The Labute approximate surface area is 119 Å². The van der Waals surface area contributed by atoms with Crippen molar-refractivity contribution in [3.63, 3.8) is 0 Å². The lowest BCUT2D eigenvalue weighted by Crippen LogP contribution is -2.27. The van der Waals surface area contributed by atoms with Crippen LogP contribution in [0, 0.1) is 0 Å².